The minimum atomic E-state index is -0.421. The second-order valence-electron chi connectivity index (χ2n) is 6.34. The summed E-state index contributed by atoms with van der Waals surface area (Å²) in [6.07, 6.45) is 3.49. The number of hydrogen-bond acceptors (Lipinski definition) is 7. The van der Waals surface area contributed by atoms with Crippen LogP contribution in [-0.2, 0) is 7.05 Å². The van der Waals surface area contributed by atoms with Gasteiger partial charge in [-0.15, -0.1) is 10.2 Å². The predicted octanol–water partition coefficient (Wildman–Crippen LogP) is 2.11. The standard InChI is InChI=1S/C20H17N7O3/c1-13-21-11-12-27(13)17-8-9-18(24-23-17)30-15-5-3-14(4-6-15)22-20(29)16-7-10-19(28)26(2)25-16/h3-12H,1-2H3,(H,22,29). The number of amides is 1. The molecule has 4 rings (SSSR count). The van der Waals surface area contributed by atoms with Gasteiger partial charge >= 0.3 is 0 Å². The lowest BCUT2D eigenvalue weighted by Crippen LogP contribution is -2.23. The Hall–Kier alpha value is -4.34. The van der Waals surface area contributed by atoms with Gasteiger partial charge in [-0.3, -0.25) is 14.2 Å². The summed E-state index contributed by atoms with van der Waals surface area (Å²) in [4.78, 5) is 27.8. The van der Waals surface area contributed by atoms with Crippen molar-refractivity contribution in [2.75, 3.05) is 5.32 Å². The van der Waals surface area contributed by atoms with E-state index in [9.17, 15) is 9.59 Å². The van der Waals surface area contributed by atoms with E-state index >= 15 is 0 Å². The fourth-order valence-corrected chi connectivity index (χ4v) is 2.66. The third-order valence-corrected chi connectivity index (χ3v) is 4.23. The summed E-state index contributed by atoms with van der Waals surface area (Å²) in [5.74, 6) is 1.90. The molecule has 0 aliphatic rings. The first kappa shape index (κ1) is 19.0. The maximum absolute atomic E-state index is 12.3. The van der Waals surface area contributed by atoms with Gasteiger partial charge in [0.15, 0.2) is 5.82 Å². The average Bonchev–Trinajstić information content (AvgIpc) is 3.18. The molecule has 0 fully saturated rings. The first-order valence-corrected chi connectivity index (χ1v) is 8.97. The molecule has 150 valence electrons. The average molecular weight is 403 g/mol. The molecule has 0 bridgehead atoms. The van der Waals surface area contributed by atoms with Crippen molar-refractivity contribution < 1.29 is 9.53 Å². The molecule has 0 saturated carbocycles. The van der Waals surface area contributed by atoms with E-state index < -0.39 is 5.91 Å². The number of anilines is 1. The molecule has 3 heterocycles. The molecule has 0 radical (unpaired) electrons. The molecule has 0 unspecified atom stereocenters. The van der Waals surface area contributed by atoms with Gasteiger partial charge in [-0.2, -0.15) is 5.10 Å². The normalized spacial score (nSPS) is 10.6. The second kappa shape index (κ2) is 7.95. The van der Waals surface area contributed by atoms with Crippen molar-refractivity contribution in [3.63, 3.8) is 0 Å². The molecule has 0 spiro atoms. The fourth-order valence-electron chi connectivity index (χ4n) is 2.66. The van der Waals surface area contributed by atoms with Gasteiger partial charge in [-0.25, -0.2) is 9.67 Å². The van der Waals surface area contributed by atoms with Crippen LogP contribution in [0, 0.1) is 6.92 Å². The van der Waals surface area contributed by atoms with E-state index in [-0.39, 0.29) is 11.3 Å². The fraction of sp³-hybridized carbons (Fsp3) is 0.100. The third-order valence-electron chi connectivity index (χ3n) is 4.23. The largest absolute Gasteiger partial charge is 0.438 e. The highest BCUT2D eigenvalue weighted by Gasteiger charge is 2.10. The minimum absolute atomic E-state index is 0.140. The number of carbonyl (C=O) groups is 1. The van der Waals surface area contributed by atoms with Gasteiger partial charge in [0.05, 0.1) is 0 Å². The van der Waals surface area contributed by atoms with E-state index in [1.165, 1.54) is 19.2 Å². The Morgan fingerprint density at radius 3 is 2.47 bits per heavy atom. The molecule has 0 saturated heterocycles. The smallest absolute Gasteiger partial charge is 0.276 e. The summed E-state index contributed by atoms with van der Waals surface area (Å²) < 4.78 is 8.61. The molecule has 10 nitrogen and oxygen atoms in total. The molecule has 0 aliphatic heterocycles. The van der Waals surface area contributed by atoms with Crippen LogP contribution in [0.4, 0.5) is 5.69 Å². The molecule has 0 aliphatic carbocycles. The number of ether oxygens (including phenoxy) is 1. The van der Waals surface area contributed by atoms with Crippen LogP contribution in [0.15, 0.2) is 65.7 Å². The van der Waals surface area contributed by atoms with Crippen LogP contribution in [0.5, 0.6) is 11.6 Å². The van der Waals surface area contributed by atoms with E-state index in [0.717, 1.165) is 10.5 Å². The van der Waals surface area contributed by atoms with Gasteiger partial charge < -0.3 is 10.1 Å². The highest BCUT2D eigenvalue weighted by atomic mass is 16.5. The summed E-state index contributed by atoms with van der Waals surface area (Å²) in [6.45, 7) is 1.88. The summed E-state index contributed by atoms with van der Waals surface area (Å²) >= 11 is 0. The maximum Gasteiger partial charge on any atom is 0.276 e. The predicted molar refractivity (Wildman–Crippen MR) is 108 cm³/mol. The van der Waals surface area contributed by atoms with Gasteiger partial charge in [0.25, 0.3) is 11.5 Å². The van der Waals surface area contributed by atoms with Crippen LogP contribution in [0.3, 0.4) is 0 Å². The van der Waals surface area contributed by atoms with E-state index in [4.69, 9.17) is 4.74 Å². The summed E-state index contributed by atoms with van der Waals surface area (Å²) in [5, 5.41) is 14.8. The first-order chi connectivity index (χ1) is 14.5. The van der Waals surface area contributed by atoms with Crippen molar-refractivity contribution in [2.24, 2.45) is 7.05 Å². The first-order valence-electron chi connectivity index (χ1n) is 8.97. The number of rotatable bonds is 5. The zero-order valence-corrected chi connectivity index (χ0v) is 16.2. The Kier molecular flexibility index (Phi) is 5.04. The van der Waals surface area contributed by atoms with Crippen molar-refractivity contribution in [3.05, 3.63) is 82.8 Å². The van der Waals surface area contributed by atoms with E-state index in [1.807, 2.05) is 11.5 Å². The van der Waals surface area contributed by atoms with Gasteiger partial charge in [0, 0.05) is 37.3 Å². The summed E-state index contributed by atoms with van der Waals surface area (Å²) in [7, 11) is 1.48. The highest BCUT2D eigenvalue weighted by Crippen LogP contribution is 2.22. The lowest BCUT2D eigenvalue weighted by molar-refractivity contribution is 0.102. The lowest BCUT2D eigenvalue weighted by atomic mass is 10.3. The van der Waals surface area contributed by atoms with Crippen LogP contribution >= 0.6 is 0 Å². The summed E-state index contributed by atoms with van der Waals surface area (Å²) in [6, 6.07) is 12.9. The number of nitrogens with zero attached hydrogens (tertiary/aromatic N) is 6. The van der Waals surface area contributed by atoms with Crippen molar-refractivity contribution in [2.45, 2.75) is 6.92 Å². The Morgan fingerprint density at radius 2 is 1.83 bits per heavy atom. The molecule has 1 aromatic carbocycles. The van der Waals surface area contributed by atoms with Gasteiger partial charge in [-0.05, 0) is 43.3 Å². The Bertz CT molecular complexity index is 1240. The molecule has 1 amide bonds. The molecule has 4 aromatic rings. The number of carbonyl (C=O) groups excluding carboxylic acids is 1. The van der Waals surface area contributed by atoms with Gasteiger partial charge in [-0.1, -0.05) is 0 Å². The number of nitrogens with one attached hydrogen (secondary N) is 1. The number of aryl methyl sites for hydroxylation is 2. The topological polar surface area (TPSA) is 117 Å². The molecule has 1 N–H and O–H groups in total. The molecule has 30 heavy (non-hydrogen) atoms. The number of benzene rings is 1. The van der Waals surface area contributed by atoms with Crippen molar-refractivity contribution >= 4 is 11.6 Å². The number of imidazole rings is 1. The van der Waals surface area contributed by atoms with E-state index in [2.05, 4.69) is 25.6 Å². The Morgan fingerprint density at radius 1 is 1.03 bits per heavy atom. The highest BCUT2D eigenvalue weighted by molar-refractivity contribution is 6.02. The van der Waals surface area contributed by atoms with Crippen LogP contribution in [0.25, 0.3) is 5.82 Å². The monoisotopic (exact) mass is 403 g/mol. The van der Waals surface area contributed by atoms with Crippen LogP contribution in [0.1, 0.15) is 16.3 Å². The molecular formula is C20H17N7O3. The Balaban J connectivity index is 1.41. The van der Waals surface area contributed by atoms with E-state index in [0.29, 0.717) is 23.1 Å². The lowest BCUT2D eigenvalue weighted by Gasteiger charge is -2.08. The molecule has 0 atom stereocenters. The molecular weight excluding hydrogens is 386 g/mol. The minimum Gasteiger partial charge on any atom is -0.438 e. The van der Waals surface area contributed by atoms with Crippen LogP contribution in [-0.4, -0.2) is 35.4 Å². The SMILES string of the molecule is Cc1nccn1-c1ccc(Oc2ccc(NC(=O)c3ccc(=O)n(C)n3)cc2)nn1. The Labute approximate surface area is 170 Å². The van der Waals surface area contributed by atoms with Gasteiger partial charge in [0.2, 0.25) is 5.88 Å². The second-order valence-corrected chi connectivity index (χ2v) is 6.34. The maximum atomic E-state index is 12.3. The number of aromatic nitrogens is 6. The van der Waals surface area contributed by atoms with Crippen molar-refractivity contribution in [3.8, 4) is 17.4 Å². The van der Waals surface area contributed by atoms with Crippen LogP contribution in [0.2, 0.25) is 0 Å². The zero-order chi connectivity index (χ0) is 21.1. The quantitative estimate of drug-likeness (QED) is 0.542. The van der Waals surface area contributed by atoms with Crippen LogP contribution < -0.4 is 15.6 Å². The molecule has 10 heteroatoms. The third kappa shape index (κ3) is 4.07. The molecule has 3 aromatic heterocycles. The van der Waals surface area contributed by atoms with Crippen molar-refractivity contribution in [1.29, 1.82) is 0 Å². The number of hydrogen-bond donors (Lipinski definition) is 1. The van der Waals surface area contributed by atoms with E-state index in [1.54, 1.807) is 48.8 Å². The zero-order valence-electron chi connectivity index (χ0n) is 16.2. The van der Waals surface area contributed by atoms with Gasteiger partial charge in [0.1, 0.15) is 17.3 Å². The summed E-state index contributed by atoms with van der Waals surface area (Å²) in [5.41, 5.74) is 0.408. The van der Waals surface area contributed by atoms with Crippen molar-refractivity contribution in [1.82, 2.24) is 29.5 Å².